The smallest absolute Gasteiger partial charge is 0.257 e. The number of pyridine rings is 1. The molecule has 0 aliphatic rings. The van der Waals surface area contributed by atoms with Crippen LogP contribution in [0, 0.1) is 5.82 Å². The van der Waals surface area contributed by atoms with Crippen LogP contribution >= 0.6 is 0 Å². The van der Waals surface area contributed by atoms with E-state index < -0.39 is 31.3 Å². The summed E-state index contributed by atoms with van der Waals surface area (Å²) in [5.41, 5.74) is -0.138. The van der Waals surface area contributed by atoms with Gasteiger partial charge in [-0.3, -0.25) is 4.79 Å². The van der Waals surface area contributed by atoms with Gasteiger partial charge in [-0.15, -0.1) is 0 Å². The molecule has 2 N–H and O–H groups in total. The second-order valence-corrected chi connectivity index (χ2v) is 3.95. The Morgan fingerprint density at radius 2 is 2.25 bits per heavy atom. The second-order valence-electron chi connectivity index (χ2n) is 3.95. The molecule has 20 heavy (non-hydrogen) atoms. The van der Waals surface area contributed by atoms with E-state index in [1.165, 1.54) is 0 Å². The zero-order valence-electron chi connectivity index (χ0n) is 10.9. The highest BCUT2D eigenvalue weighted by Gasteiger charge is 2.22. The maximum absolute atomic E-state index is 13.2. The van der Waals surface area contributed by atoms with Gasteiger partial charge in [0, 0.05) is 13.1 Å². The Morgan fingerprint density at radius 3 is 2.80 bits per heavy atom. The summed E-state index contributed by atoms with van der Waals surface area (Å²) >= 11 is 0. The Balaban J connectivity index is 3.05. The monoisotopic (exact) mass is 291 g/mol. The third-order valence-corrected chi connectivity index (χ3v) is 2.44. The van der Waals surface area contributed by atoms with Crippen molar-refractivity contribution in [2.75, 3.05) is 31.6 Å². The van der Waals surface area contributed by atoms with Gasteiger partial charge in [0.2, 0.25) is 0 Å². The average molecular weight is 291 g/mol. The molecule has 8 heteroatoms. The first kappa shape index (κ1) is 16.2. The summed E-state index contributed by atoms with van der Waals surface area (Å²) in [6.07, 6.45) is -1.81. The number of carbonyl (C=O) groups excluding carboxylic acids is 1. The number of alkyl halides is 2. The van der Waals surface area contributed by atoms with Gasteiger partial charge in [-0.25, -0.2) is 18.2 Å². The van der Waals surface area contributed by atoms with Gasteiger partial charge < -0.3 is 15.3 Å². The minimum Gasteiger partial charge on any atom is -0.395 e. The molecule has 0 spiro atoms. The molecule has 5 nitrogen and oxygen atoms in total. The molecule has 0 bridgehead atoms. The Bertz CT molecular complexity index is 458. The Morgan fingerprint density at radius 1 is 1.55 bits per heavy atom. The van der Waals surface area contributed by atoms with E-state index in [4.69, 9.17) is 5.11 Å². The van der Waals surface area contributed by atoms with Gasteiger partial charge in [-0.2, -0.15) is 0 Å². The van der Waals surface area contributed by atoms with Crippen LogP contribution in [0.4, 0.5) is 19.0 Å². The van der Waals surface area contributed by atoms with Crippen molar-refractivity contribution in [3.8, 4) is 0 Å². The van der Waals surface area contributed by atoms with Crippen molar-refractivity contribution in [1.82, 2.24) is 9.88 Å². The molecule has 0 saturated heterocycles. The van der Waals surface area contributed by atoms with Crippen molar-refractivity contribution >= 4 is 11.7 Å². The third kappa shape index (κ3) is 4.37. The number of nitrogens with zero attached hydrogens (tertiary/aromatic N) is 2. The molecule has 1 aromatic heterocycles. The van der Waals surface area contributed by atoms with Crippen LogP contribution in [-0.4, -0.2) is 53.6 Å². The number of aliphatic hydroxyl groups is 1. The maximum atomic E-state index is 13.2. The maximum Gasteiger partial charge on any atom is 0.257 e. The molecule has 1 aromatic rings. The molecule has 0 aliphatic heterocycles. The van der Waals surface area contributed by atoms with Gasteiger partial charge in [0.1, 0.15) is 11.6 Å². The van der Waals surface area contributed by atoms with E-state index >= 15 is 0 Å². The summed E-state index contributed by atoms with van der Waals surface area (Å²) < 4.78 is 38.1. The molecule has 1 amide bonds. The van der Waals surface area contributed by atoms with Crippen LogP contribution in [0.1, 0.15) is 17.3 Å². The predicted octanol–water partition coefficient (Wildman–Crippen LogP) is 1.35. The minimum absolute atomic E-state index is 0.121. The molecular weight excluding hydrogens is 275 g/mol. The molecular formula is C12H16F3N3O2. The van der Waals surface area contributed by atoms with Gasteiger partial charge >= 0.3 is 0 Å². The summed E-state index contributed by atoms with van der Waals surface area (Å²) in [6.45, 7) is 0.641. The van der Waals surface area contributed by atoms with Crippen LogP contribution in [0.3, 0.4) is 0 Å². The van der Waals surface area contributed by atoms with Crippen molar-refractivity contribution in [2.45, 2.75) is 13.3 Å². The molecule has 1 rings (SSSR count). The largest absolute Gasteiger partial charge is 0.395 e. The number of aliphatic hydroxyl groups excluding tert-OH is 1. The number of anilines is 1. The van der Waals surface area contributed by atoms with Gasteiger partial charge in [-0.05, 0) is 13.0 Å². The molecule has 0 aliphatic carbocycles. The zero-order chi connectivity index (χ0) is 15.1. The molecule has 0 radical (unpaired) electrons. The standard InChI is InChI=1S/C12H16F3N3O2/c1-2-16-11-9(5-8(13)6-17-11)12(20)18(3-4-19)7-10(14)15/h5-6,10,19H,2-4,7H2,1H3,(H,16,17). The second kappa shape index (κ2) is 7.68. The molecule has 0 atom stereocenters. The SMILES string of the molecule is CCNc1ncc(F)cc1C(=O)N(CCO)CC(F)F. The molecule has 0 unspecified atom stereocenters. The van der Waals surface area contributed by atoms with Crippen LogP contribution in [0.25, 0.3) is 0 Å². The number of aromatic nitrogens is 1. The lowest BCUT2D eigenvalue weighted by atomic mass is 10.2. The molecule has 0 saturated carbocycles. The minimum atomic E-state index is -2.74. The summed E-state index contributed by atoms with van der Waals surface area (Å²) in [4.78, 5) is 16.6. The van der Waals surface area contributed by atoms with Gasteiger partial charge in [-0.1, -0.05) is 0 Å². The van der Waals surface area contributed by atoms with Gasteiger partial charge in [0.05, 0.1) is 24.9 Å². The summed E-state index contributed by atoms with van der Waals surface area (Å²) in [5.74, 6) is -1.42. The lowest BCUT2D eigenvalue weighted by Crippen LogP contribution is -2.37. The number of amides is 1. The van der Waals surface area contributed by atoms with Gasteiger partial charge in [0.15, 0.2) is 0 Å². The van der Waals surface area contributed by atoms with E-state index in [0.717, 1.165) is 17.2 Å². The summed E-state index contributed by atoms with van der Waals surface area (Å²) in [6, 6.07) is 0.934. The summed E-state index contributed by atoms with van der Waals surface area (Å²) in [5, 5.41) is 11.6. The van der Waals surface area contributed by atoms with Crippen molar-refractivity contribution in [3.05, 3.63) is 23.6 Å². The van der Waals surface area contributed by atoms with Gasteiger partial charge in [0.25, 0.3) is 12.3 Å². The first-order valence-electron chi connectivity index (χ1n) is 6.07. The highest BCUT2D eigenvalue weighted by atomic mass is 19.3. The van der Waals surface area contributed by atoms with E-state index in [1.807, 2.05) is 0 Å². The Kier molecular flexibility index (Phi) is 6.23. The fourth-order valence-corrected chi connectivity index (χ4v) is 1.64. The molecule has 1 heterocycles. The number of hydrogen-bond acceptors (Lipinski definition) is 4. The molecule has 112 valence electrons. The average Bonchev–Trinajstić information content (AvgIpc) is 2.39. The lowest BCUT2D eigenvalue weighted by Gasteiger charge is -2.22. The predicted molar refractivity (Wildman–Crippen MR) is 67.4 cm³/mol. The lowest BCUT2D eigenvalue weighted by molar-refractivity contribution is 0.0509. The van der Waals surface area contributed by atoms with Crippen LogP contribution in [0.2, 0.25) is 0 Å². The van der Waals surface area contributed by atoms with Crippen LogP contribution in [0.15, 0.2) is 12.3 Å². The number of hydrogen-bond donors (Lipinski definition) is 2. The van der Waals surface area contributed by atoms with E-state index in [-0.39, 0.29) is 17.9 Å². The van der Waals surface area contributed by atoms with E-state index in [0.29, 0.717) is 6.54 Å². The number of nitrogens with one attached hydrogen (secondary N) is 1. The fraction of sp³-hybridized carbons (Fsp3) is 0.500. The van der Waals surface area contributed by atoms with Crippen molar-refractivity contribution in [1.29, 1.82) is 0 Å². The van der Waals surface area contributed by atoms with Crippen molar-refractivity contribution < 1.29 is 23.1 Å². The highest BCUT2D eigenvalue weighted by molar-refractivity contribution is 5.98. The first-order chi connectivity index (χ1) is 9.49. The number of carbonyl (C=O) groups is 1. The molecule has 0 aromatic carbocycles. The van der Waals surface area contributed by atoms with Crippen molar-refractivity contribution in [3.63, 3.8) is 0 Å². The number of halogens is 3. The fourth-order valence-electron chi connectivity index (χ4n) is 1.64. The highest BCUT2D eigenvalue weighted by Crippen LogP contribution is 2.16. The number of rotatable bonds is 7. The zero-order valence-corrected chi connectivity index (χ0v) is 10.9. The topological polar surface area (TPSA) is 65.5 Å². The molecule has 0 fully saturated rings. The quantitative estimate of drug-likeness (QED) is 0.796. The third-order valence-electron chi connectivity index (χ3n) is 2.44. The summed E-state index contributed by atoms with van der Waals surface area (Å²) in [7, 11) is 0. The van der Waals surface area contributed by atoms with Crippen LogP contribution in [0.5, 0.6) is 0 Å². The van der Waals surface area contributed by atoms with Crippen LogP contribution in [-0.2, 0) is 0 Å². The Labute approximate surface area is 114 Å². The van der Waals surface area contributed by atoms with E-state index in [2.05, 4.69) is 10.3 Å². The van der Waals surface area contributed by atoms with Crippen LogP contribution < -0.4 is 5.32 Å². The van der Waals surface area contributed by atoms with E-state index in [9.17, 15) is 18.0 Å². The first-order valence-corrected chi connectivity index (χ1v) is 6.07. The van der Waals surface area contributed by atoms with E-state index in [1.54, 1.807) is 6.92 Å². The Hall–Kier alpha value is -1.83. The normalized spacial score (nSPS) is 10.7. The van der Waals surface area contributed by atoms with Crippen molar-refractivity contribution in [2.24, 2.45) is 0 Å².